The number of phenolic OH excluding ortho intramolecular Hbond substituents is 1. The minimum Gasteiger partial charge on any atom is -0.504 e. The zero-order chi connectivity index (χ0) is 21.1. The van der Waals surface area contributed by atoms with Crippen LogP contribution in [0.2, 0.25) is 0 Å². The molecule has 2 aromatic carbocycles. The highest BCUT2D eigenvalue weighted by Gasteiger charge is 2.14. The van der Waals surface area contributed by atoms with Gasteiger partial charge in [0, 0.05) is 6.07 Å². The van der Waals surface area contributed by atoms with Gasteiger partial charge in [0.1, 0.15) is 5.75 Å². The van der Waals surface area contributed by atoms with Crippen molar-refractivity contribution >= 4 is 10.1 Å². The summed E-state index contributed by atoms with van der Waals surface area (Å²) in [5.74, 6) is 0.309. The number of rotatable bonds is 13. The predicted molar refractivity (Wildman–Crippen MR) is 115 cm³/mol. The molecule has 0 aliphatic carbocycles. The minimum atomic E-state index is -4.36. The summed E-state index contributed by atoms with van der Waals surface area (Å²) in [5, 5.41) is 9.92. The predicted octanol–water partition coefficient (Wildman–Crippen LogP) is 6.50. The Kier molecular flexibility index (Phi) is 9.48. The molecule has 29 heavy (non-hydrogen) atoms. The van der Waals surface area contributed by atoms with E-state index in [4.69, 9.17) is 9.29 Å². The fourth-order valence-electron chi connectivity index (χ4n) is 3.27. The fraction of sp³-hybridized carbons (Fsp3) is 0.478. The smallest absolute Gasteiger partial charge is 0.294 e. The van der Waals surface area contributed by atoms with Crippen molar-refractivity contribution in [3.63, 3.8) is 0 Å². The molecule has 0 fully saturated rings. The molecule has 0 unspecified atom stereocenters. The van der Waals surface area contributed by atoms with Gasteiger partial charge in [0.2, 0.25) is 0 Å². The first-order chi connectivity index (χ1) is 13.9. The Hall–Kier alpha value is -2.05. The second kappa shape index (κ2) is 11.8. The fourth-order valence-corrected chi connectivity index (χ4v) is 3.76. The lowest BCUT2D eigenvalue weighted by atomic mass is 10.0. The molecule has 0 spiro atoms. The Morgan fingerprint density at radius 2 is 1.52 bits per heavy atom. The highest BCUT2D eigenvalue weighted by molar-refractivity contribution is 7.85. The zero-order valence-corrected chi connectivity index (χ0v) is 18.0. The highest BCUT2D eigenvalue weighted by Crippen LogP contribution is 2.33. The van der Waals surface area contributed by atoms with E-state index in [0.717, 1.165) is 30.5 Å². The molecular weight excluding hydrogens is 388 g/mol. The van der Waals surface area contributed by atoms with Gasteiger partial charge in [-0.2, -0.15) is 8.42 Å². The molecule has 0 aliphatic rings. The summed E-state index contributed by atoms with van der Waals surface area (Å²) < 4.78 is 37.4. The molecule has 2 aromatic rings. The van der Waals surface area contributed by atoms with Crippen molar-refractivity contribution in [2.45, 2.75) is 76.0 Å². The van der Waals surface area contributed by atoms with E-state index in [1.807, 2.05) is 18.2 Å². The second-order valence-corrected chi connectivity index (χ2v) is 8.85. The molecule has 0 radical (unpaired) electrons. The van der Waals surface area contributed by atoms with Crippen molar-refractivity contribution < 1.29 is 22.8 Å². The Morgan fingerprint density at radius 3 is 2.17 bits per heavy atom. The number of hydrogen-bond donors (Lipinski definition) is 2. The first-order valence-corrected chi connectivity index (χ1v) is 11.9. The molecular formula is C23H32O5S. The van der Waals surface area contributed by atoms with Crippen LogP contribution in [0, 0.1) is 0 Å². The second-order valence-electron chi connectivity index (χ2n) is 7.43. The number of aryl methyl sites for hydroxylation is 1. The number of aromatic hydroxyl groups is 1. The van der Waals surface area contributed by atoms with E-state index >= 15 is 0 Å². The summed E-state index contributed by atoms with van der Waals surface area (Å²) in [4.78, 5) is -0.323. The van der Waals surface area contributed by atoms with Gasteiger partial charge in [0.25, 0.3) is 10.1 Å². The first kappa shape index (κ1) is 23.2. The zero-order valence-electron chi connectivity index (χ0n) is 17.1. The number of benzene rings is 2. The van der Waals surface area contributed by atoms with Crippen LogP contribution in [0.5, 0.6) is 17.2 Å². The summed E-state index contributed by atoms with van der Waals surface area (Å²) in [6.07, 6.45) is 12.5. The van der Waals surface area contributed by atoms with Gasteiger partial charge in [0.15, 0.2) is 11.5 Å². The van der Waals surface area contributed by atoms with Gasteiger partial charge in [-0.05, 0) is 42.7 Å². The van der Waals surface area contributed by atoms with Gasteiger partial charge in [-0.15, -0.1) is 0 Å². The summed E-state index contributed by atoms with van der Waals surface area (Å²) in [5.41, 5.74) is 1.14. The van der Waals surface area contributed by atoms with Crippen LogP contribution in [-0.2, 0) is 16.5 Å². The number of unbranched alkanes of at least 4 members (excludes halogenated alkanes) is 8. The lowest BCUT2D eigenvalue weighted by Crippen LogP contribution is -1.98. The first-order valence-electron chi connectivity index (χ1n) is 10.5. The largest absolute Gasteiger partial charge is 0.504 e. The van der Waals surface area contributed by atoms with Gasteiger partial charge in [-0.3, -0.25) is 4.55 Å². The average molecular weight is 421 g/mol. The topological polar surface area (TPSA) is 83.8 Å². The highest BCUT2D eigenvalue weighted by atomic mass is 32.2. The van der Waals surface area contributed by atoms with Crippen molar-refractivity contribution in [1.82, 2.24) is 0 Å². The molecule has 0 saturated heterocycles. The van der Waals surface area contributed by atoms with Crippen molar-refractivity contribution in [3.8, 4) is 17.2 Å². The molecule has 5 nitrogen and oxygen atoms in total. The maximum atomic E-state index is 11.3. The molecule has 2 N–H and O–H groups in total. The Balaban J connectivity index is 1.83. The Labute approximate surface area is 174 Å². The van der Waals surface area contributed by atoms with Crippen LogP contribution < -0.4 is 4.74 Å². The van der Waals surface area contributed by atoms with Crippen LogP contribution >= 0.6 is 0 Å². The van der Waals surface area contributed by atoms with Crippen LogP contribution in [0.3, 0.4) is 0 Å². The summed E-state index contributed by atoms with van der Waals surface area (Å²) in [7, 11) is -4.36. The van der Waals surface area contributed by atoms with Gasteiger partial charge in [-0.25, -0.2) is 0 Å². The third-order valence-electron chi connectivity index (χ3n) is 4.92. The molecule has 0 heterocycles. The van der Waals surface area contributed by atoms with E-state index in [1.165, 1.54) is 57.4 Å². The standard InChI is InChI=1S/C23H32O5S/c1-2-3-4-5-6-7-8-9-10-12-19-13-11-14-20(17-19)28-23-18-21(29(25,26)27)15-16-22(23)24/h11,13-18,24H,2-10,12H2,1H3,(H,25,26,27). The molecule has 0 saturated carbocycles. The summed E-state index contributed by atoms with van der Waals surface area (Å²) in [6, 6.07) is 11.0. The van der Waals surface area contributed by atoms with Crippen molar-refractivity contribution in [3.05, 3.63) is 48.0 Å². The molecule has 0 bridgehead atoms. The molecule has 0 aliphatic heterocycles. The third-order valence-corrected chi connectivity index (χ3v) is 5.77. The van der Waals surface area contributed by atoms with Gasteiger partial charge < -0.3 is 9.84 Å². The van der Waals surface area contributed by atoms with E-state index in [1.54, 1.807) is 6.07 Å². The number of hydrogen-bond acceptors (Lipinski definition) is 4. The Bertz CT molecular complexity index is 861. The molecule has 6 heteroatoms. The van der Waals surface area contributed by atoms with Crippen LogP contribution in [-0.4, -0.2) is 18.1 Å². The lowest BCUT2D eigenvalue weighted by Gasteiger charge is -2.10. The third kappa shape index (κ3) is 8.46. The van der Waals surface area contributed by atoms with E-state index in [2.05, 4.69) is 6.92 Å². The van der Waals surface area contributed by atoms with Crippen LogP contribution in [0.25, 0.3) is 0 Å². The van der Waals surface area contributed by atoms with Crippen LogP contribution in [0.1, 0.15) is 70.3 Å². The maximum absolute atomic E-state index is 11.3. The summed E-state index contributed by atoms with van der Waals surface area (Å²) >= 11 is 0. The average Bonchev–Trinajstić information content (AvgIpc) is 2.68. The quantitative estimate of drug-likeness (QED) is 0.285. The SMILES string of the molecule is CCCCCCCCCCCc1cccc(Oc2cc(S(=O)(=O)O)ccc2O)c1. The molecule has 0 aromatic heterocycles. The van der Waals surface area contributed by atoms with Gasteiger partial charge in [0.05, 0.1) is 4.90 Å². The van der Waals surface area contributed by atoms with Crippen molar-refractivity contribution in [1.29, 1.82) is 0 Å². The molecule has 160 valence electrons. The number of phenols is 1. The van der Waals surface area contributed by atoms with Crippen LogP contribution in [0.4, 0.5) is 0 Å². The van der Waals surface area contributed by atoms with Crippen molar-refractivity contribution in [2.24, 2.45) is 0 Å². The monoisotopic (exact) mass is 420 g/mol. The van der Waals surface area contributed by atoms with E-state index in [9.17, 15) is 13.5 Å². The van der Waals surface area contributed by atoms with Crippen molar-refractivity contribution in [2.75, 3.05) is 0 Å². The molecule has 2 rings (SSSR count). The van der Waals surface area contributed by atoms with E-state index in [0.29, 0.717) is 5.75 Å². The minimum absolute atomic E-state index is 0.0136. The van der Waals surface area contributed by atoms with E-state index < -0.39 is 10.1 Å². The van der Waals surface area contributed by atoms with Gasteiger partial charge >= 0.3 is 0 Å². The van der Waals surface area contributed by atoms with Gasteiger partial charge in [-0.1, -0.05) is 70.4 Å². The molecule has 0 atom stereocenters. The van der Waals surface area contributed by atoms with E-state index in [-0.39, 0.29) is 16.4 Å². The maximum Gasteiger partial charge on any atom is 0.294 e. The number of ether oxygens (including phenoxy) is 1. The Morgan fingerprint density at radius 1 is 0.862 bits per heavy atom. The van der Waals surface area contributed by atoms with Crippen LogP contribution in [0.15, 0.2) is 47.4 Å². The summed E-state index contributed by atoms with van der Waals surface area (Å²) in [6.45, 7) is 2.24. The lowest BCUT2D eigenvalue weighted by molar-refractivity contribution is 0.409. The normalized spacial score (nSPS) is 11.5. The molecule has 0 amide bonds.